The van der Waals surface area contributed by atoms with Crippen LogP contribution in [0.1, 0.15) is 11.1 Å². The monoisotopic (exact) mass is 953 g/mol. The highest BCUT2D eigenvalue weighted by molar-refractivity contribution is 6.27. The van der Waals surface area contributed by atoms with Gasteiger partial charge >= 0.3 is 0 Å². The molecule has 7 heteroatoms. The highest BCUT2D eigenvalue weighted by Crippen LogP contribution is 2.51. The standard InChI is InChI=1S/C68H39N7/c69-40-52-53(41-70)66(73-56-32-14-6-24-45(56)46-25-7-15-33-57(46)73)68(75-60-36-18-10-28-49(60)50-38-39-62-63(64(50)75)51-29-11-19-37-61(51)71(62)42-20-2-1-3-21-42)67(74-58-34-16-8-26-47(58)48-27-9-17-35-59(48)74)65(52)72-54-30-12-4-22-43(54)44-23-5-13-31-55(44)72/h1-39H. The number of benzene rings is 11. The Bertz CT molecular complexity index is 5060. The van der Waals surface area contributed by atoms with Gasteiger partial charge in [0.25, 0.3) is 0 Å². The summed E-state index contributed by atoms with van der Waals surface area (Å²) in [5.41, 5.74) is 14.0. The second-order valence-corrected chi connectivity index (χ2v) is 19.4. The minimum absolute atomic E-state index is 0.269. The minimum atomic E-state index is 0.269. The molecule has 0 amide bonds. The zero-order valence-electron chi connectivity index (χ0n) is 40.1. The van der Waals surface area contributed by atoms with E-state index in [1.165, 1.54) is 0 Å². The topological polar surface area (TPSA) is 72.2 Å². The zero-order chi connectivity index (χ0) is 49.5. The molecule has 5 heterocycles. The van der Waals surface area contributed by atoms with E-state index in [9.17, 15) is 10.5 Å². The van der Waals surface area contributed by atoms with Crippen LogP contribution in [-0.4, -0.2) is 22.8 Å². The first kappa shape index (κ1) is 41.1. The Hall–Kier alpha value is -10.6. The fraction of sp³-hybridized carbons (Fsp3) is 0. The maximum atomic E-state index is 12.3. The summed E-state index contributed by atoms with van der Waals surface area (Å²) >= 11 is 0. The van der Waals surface area contributed by atoms with Gasteiger partial charge in [0.1, 0.15) is 12.1 Å². The van der Waals surface area contributed by atoms with E-state index in [0.717, 1.165) is 126 Å². The Kier molecular flexibility index (Phi) is 8.46. The largest absolute Gasteiger partial charge is 0.309 e. The van der Waals surface area contributed by atoms with Crippen LogP contribution in [0.2, 0.25) is 0 Å². The van der Waals surface area contributed by atoms with E-state index in [0.29, 0.717) is 11.4 Å². The quantitative estimate of drug-likeness (QED) is 0.172. The summed E-state index contributed by atoms with van der Waals surface area (Å²) in [5.74, 6) is 0. The van der Waals surface area contributed by atoms with Crippen molar-refractivity contribution in [3.8, 4) is 40.6 Å². The summed E-state index contributed by atoms with van der Waals surface area (Å²) in [6.07, 6.45) is 0. The molecule has 0 aliphatic rings. The van der Waals surface area contributed by atoms with E-state index in [-0.39, 0.29) is 11.1 Å². The van der Waals surface area contributed by atoms with Crippen molar-refractivity contribution in [2.75, 3.05) is 0 Å². The lowest BCUT2D eigenvalue weighted by molar-refractivity contribution is 1.01. The van der Waals surface area contributed by atoms with E-state index in [1.807, 2.05) is 0 Å². The minimum Gasteiger partial charge on any atom is -0.309 e. The average molecular weight is 954 g/mol. The van der Waals surface area contributed by atoms with Crippen LogP contribution in [0, 0.1) is 22.7 Å². The first-order chi connectivity index (χ1) is 37.2. The first-order valence-electron chi connectivity index (χ1n) is 25.2. The SMILES string of the molecule is N#Cc1c(C#N)c(-n2c3ccccc3c3ccccc32)c(-n2c3ccccc3c3ccc4c(c5ccccc5n4-c4ccccc4)c32)c(-n2c3ccccc3c3ccccc32)c1-n1c2ccccc2c2ccccc21. The Labute approximate surface area is 428 Å². The van der Waals surface area contributed by atoms with Crippen LogP contribution in [0.4, 0.5) is 0 Å². The molecule has 7 nitrogen and oxygen atoms in total. The van der Waals surface area contributed by atoms with Gasteiger partial charge in [-0.15, -0.1) is 0 Å². The van der Waals surface area contributed by atoms with Crippen LogP contribution in [0.3, 0.4) is 0 Å². The molecule has 16 rings (SSSR count). The van der Waals surface area contributed by atoms with Gasteiger partial charge in [-0.25, -0.2) is 0 Å². The number of rotatable bonds is 5. The van der Waals surface area contributed by atoms with Gasteiger partial charge in [-0.3, -0.25) is 0 Å². The van der Waals surface area contributed by atoms with Crippen LogP contribution in [0.15, 0.2) is 237 Å². The Morgan fingerprint density at radius 1 is 0.227 bits per heavy atom. The second-order valence-electron chi connectivity index (χ2n) is 19.4. The Balaban J connectivity index is 1.27. The lowest BCUT2D eigenvalue weighted by Crippen LogP contribution is -2.17. The third kappa shape index (κ3) is 5.40. The van der Waals surface area contributed by atoms with E-state index in [2.05, 4.69) is 272 Å². The predicted octanol–water partition coefficient (Wildman–Crippen LogP) is 16.9. The second kappa shape index (κ2) is 15.5. The van der Waals surface area contributed by atoms with Gasteiger partial charge < -0.3 is 22.8 Å². The van der Waals surface area contributed by atoms with E-state index < -0.39 is 0 Å². The zero-order valence-corrected chi connectivity index (χ0v) is 40.1. The van der Waals surface area contributed by atoms with Crippen LogP contribution in [0.25, 0.3) is 137 Å². The van der Waals surface area contributed by atoms with Crippen molar-refractivity contribution in [1.29, 1.82) is 10.5 Å². The third-order valence-corrected chi connectivity index (χ3v) is 15.7. The van der Waals surface area contributed by atoms with Gasteiger partial charge in [-0.2, -0.15) is 10.5 Å². The van der Waals surface area contributed by atoms with Crippen molar-refractivity contribution in [3.05, 3.63) is 248 Å². The molecule has 5 aromatic heterocycles. The number of nitrogens with zero attached hydrogens (tertiary/aromatic N) is 7. The van der Waals surface area contributed by atoms with E-state index >= 15 is 0 Å². The molecular weight excluding hydrogens is 915 g/mol. The molecule has 0 saturated heterocycles. The van der Waals surface area contributed by atoms with Crippen LogP contribution < -0.4 is 0 Å². The van der Waals surface area contributed by atoms with Gasteiger partial charge in [0, 0.05) is 59.5 Å². The summed E-state index contributed by atoms with van der Waals surface area (Å²) < 4.78 is 11.7. The number of nitriles is 2. The molecular formula is C68H39N7. The lowest BCUT2D eigenvalue weighted by Gasteiger charge is -2.28. The number of hydrogen-bond donors (Lipinski definition) is 0. The molecule has 16 aromatic rings. The maximum absolute atomic E-state index is 12.3. The maximum Gasteiger partial charge on any atom is 0.103 e. The Morgan fingerprint density at radius 2 is 0.520 bits per heavy atom. The van der Waals surface area contributed by atoms with Crippen molar-refractivity contribution in [1.82, 2.24) is 22.8 Å². The number of aromatic nitrogens is 5. The van der Waals surface area contributed by atoms with Gasteiger partial charge in [0.2, 0.25) is 0 Å². The van der Waals surface area contributed by atoms with Gasteiger partial charge in [-0.05, 0) is 66.7 Å². The summed E-state index contributed by atoms with van der Waals surface area (Å²) in [7, 11) is 0. The number of fused-ring (bicyclic) bond motifs is 16. The van der Waals surface area contributed by atoms with Gasteiger partial charge in [0.05, 0.1) is 89.0 Å². The molecule has 0 radical (unpaired) electrons. The molecule has 0 atom stereocenters. The van der Waals surface area contributed by atoms with Crippen molar-refractivity contribution < 1.29 is 0 Å². The highest BCUT2D eigenvalue weighted by Gasteiger charge is 2.35. The smallest absolute Gasteiger partial charge is 0.103 e. The molecule has 0 N–H and O–H groups in total. The third-order valence-electron chi connectivity index (χ3n) is 15.7. The number of para-hydroxylation sites is 9. The molecule has 0 spiro atoms. The van der Waals surface area contributed by atoms with E-state index in [4.69, 9.17) is 0 Å². The molecule has 346 valence electrons. The van der Waals surface area contributed by atoms with Crippen molar-refractivity contribution in [2.45, 2.75) is 0 Å². The molecule has 0 fully saturated rings. The summed E-state index contributed by atoms with van der Waals surface area (Å²) in [6.45, 7) is 0. The van der Waals surface area contributed by atoms with Crippen LogP contribution >= 0.6 is 0 Å². The van der Waals surface area contributed by atoms with Crippen molar-refractivity contribution in [2.24, 2.45) is 0 Å². The average Bonchev–Trinajstić information content (AvgIpc) is 4.38. The fourth-order valence-corrected chi connectivity index (χ4v) is 12.9. The molecule has 0 unspecified atom stereocenters. The van der Waals surface area contributed by atoms with Crippen molar-refractivity contribution in [3.63, 3.8) is 0 Å². The summed E-state index contributed by atoms with van der Waals surface area (Å²) in [6, 6.07) is 89.0. The van der Waals surface area contributed by atoms with Crippen molar-refractivity contribution >= 4 is 109 Å². The molecule has 75 heavy (non-hydrogen) atoms. The molecule has 0 saturated carbocycles. The summed E-state index contributed by atoms with van der Waals surface area (Å²) in [4.78, 5) is 0. The highest BCUT2D eigenvalue weighted by atomic mass is 15.1. The fourth-order valence-electron chi connectivity index (χ4n) is 12.9. The summed E-state index contributed by atoms with van der Waals surface area (Å²) in [5, 5.41) is 35.2. The first-order valence-corrected chi connectivity index (χ1v) is 25.2. The Morgan fingerprint density at radius 3 is 0.907 bits per heavy atom. The van der Waals surface area contributed by atoms with Gasteiger partial charge in [0.15, 0.2) is 0 Å². The molecule has 0 aliphatic heterocycles. The predicted molar refractivity (Wildman–Crippen MR) is 308 cm³/mol. The molecule has 0 bridgehead atoms. The number of hydrogen-bond acceptors (Lipinski definition) is 2. The normalized spacial score (nSPS) is 12.0. The molecule has 11 aromatic carbocycles. The molecule has 0 aliphatic carbocycles. The van der Waals surface area contributed by atoms with E-state index in [1.54, 1.807) is 0 Å². The van der Waals surface area contributed by atoms with Crippen LogP contribution in [-0.2, 0) is 0 Å². The van der Waals surface area contributed by atoms with Gasteiger partial charge in [-0.1, -0.05) is 170 Å². The van der Waals surface area contributed by atoms with Crippen LogP contribution in [0.5, 0.6) is 0 Å². The lowest BCUT2D eigenvalue weighted by atomic mass is 9.98.